The number of hydrogen-bond donors (Lipinski definition) is 1. The quantitative estimate of drug-likeness (QED) is 0.752. The Balaban J connectivity index is 1.79. The molecule has 2 aromatic carbocycles. The van der Waals surface area contributed by atoms with E-state index in [0.29, 0.717) is 0 Å². The van der Waals surface area contributed by atoms with Gasteiger partial charge in [0.05, 0.1) is 11.2 Å². The minimum absolute atomic E-state index is 0.236. The van der Waals surface area contributed by atoms with Crippen LogP contribution in [0.5, 0.6) is 0 Å². The zero-order valence-corrected chi connectivity index (χ0v) is 15.4. The van der Waals surface area contributed by atoms with Crippen LogP contribution in [0.1, 0.15) is 49.1 Å². The lowest BCUT2D eigenvalue weighted by Gasteiger charge is -2.37. The number of benzene rings is 2. The Hall–Kier alpha value is -2.69. The van der Waals surface area contributed by atoms with Gasteiger partial charge in [-0.1, -0.05) is 55.2 Å². The molecule has 0 unspecified atom stereocenters. The minimum atomic E-state index is -0.236. The molecule has 5 nitrogen and oxygen atoms in total. The summed E-state index contributed by atoms with van der Waals surface area (Å²) in [7, 11) is 0. The molecule has 1 aliphatic carbocycles. The molecular formula is C21H25N5. The summed E-state index contributed by atoms with van der Waals surface area (Å²) >= 11 is 0. The number of hydrogen-bond acceptors (Lipinski definition) is 4. The standard InChI is InChI=1S/C21H25N5/c1-16-11-12-19(17(2)15-16)26-20(23-24-25-26)21(13-7-4-8-14-21)22-18-9-5-3-6-10-18/h3,5-6,9-12,15,22H,4,7-8,13-14H2,1-2H3. The molecule has 5 heteroatoms. The summed E-state index contributed by atoms with van der Waals surface area (Å²) in [4.78, 5) is 0. The third kappa shape index (κ3) is 3.09. The number of aromatic nitrogens is 4. The van der Waals surface area contributed by atoms with E-state index in [-0.39, 0.29) is 5.54 Å². The van der Waals surface area contributed by atoms with Gasteiger partial charge in [0.15, 0.2) is 5.82 Å². The lowest BCUT2D eigenvalue weighted by atomic mass is 9.80. The maximum absolute atomic E-state index is 4.49. The van der Waals surface area contributed by atoms with Gasteiger partial charge in [-0.05, 0) is 60.9 Å². The third-order valence-corrected chi connectivity index (χ3v) is 5.34. The van der Waals surface area contributed by atoms with Crippen LogP contribution < -0.4 is 5.32 Å². The largest absolute Gasteiger partial charge is 0.373 e. The molecule has 1 aliphatic rings. The van der Waals surface area contributed by atoms with Crippen LogP contribution >= 0.6 is 0 Å². The third-order valence-electron chi connectivity index (χ3n) is 5.34. The molecule has 0 aliphatic heterocycles. The molecule has 0 spiro atoms. The molecule has 26 heavy (non-hydrogen) atoms. The van der Waals surface area contributed by atoms with Crippen LogP contribution in [0.4, 0.5) is 5.69 Å². The Kier molecular flexibility index (Phi) is 4.45. The Labute approximate surface area is 154 Å². The van der Waals surface area contributed by atoms with Crippen molar-refractivity contribution < 1.29 is 0 Å². The zero-order valence-electron chi connectivity index (χ0n) is 15.4. The fourth-order valence-electron chi connectivity index (χ4n) is 4.05. The average molecular weight is 347 g/mol. The summed E-state index contributed by atoms with van der Waals surface area (Å²) < 4.78 is 1.93. The minimum Gasteiger partial charge on any atom is -0.373 e. The Morgan fingerprint density at radius 3 is 2.46 bits per heavy atom. The van der Waals surface area contributed by atoms with E-state index < -0.39 is 0 Å². The summed E-state index contributed by atoms with van der Waals surface area (Å²) in [5.41, 5.74) is 4.36. The first kappa shape index (κ1) is 16.8. The lowest BCUT2D eigenvalue weighted by Crippen LogP contribution is -2.40. The number of nitrogens with one attached hydrogen (secondary N) is 1. The fourth-order valence-corrected chi connectivity index (χ4v) is 4.05. The van der Waals surface area contributed by atoms with Crippen molar-refractivity contribution in [3.63, 3.8) is 0 Å². The van der Waals surface area contributed by atoms with Crippen LogP contribution in [0.3, 0.4) is 0 Å². The van der Waals surface area contributed by atoms with Gasteiger partial charge in [0, 0.05) is 5.69 Å². The first-order chi connectivity index (χ1) is 12.7. The van der Waals surface area contributed by atoms with Crippen molar-refractivity contribution in [3.05, 3.63) is 65.5 Å². The second-order valence-corrected chi connectivity index (χ2v) is 7.34. The van der Waals surface area contributed by atoms with E-state index >= 15 is 0 Å². The van der Waals surface area contributed by atoms with Gasteiger partial charge >= 0.3 is 0 Å². The van der Waals surface area contributed by atoms with Crippen molar-refractivity contribution in [3.8, 4) is 5.69 Å². The highest BCUT2D eigenvalue weighted by molar-refractivity contribution is 5.48. The van der Waals surface area contributed by atoms with Gasteiger partial charge in [-0.15, -0.1) is 5.10 Å². The molecule has 0 amide bonds. The molecule has 1 aromatic heterocycles. The Morgan fingerprint density at radius 2 is 1.73 bits per heavy atom. The Morgan fingerprint density at radius 1 is 0.962 bits per heavy atom. The number of anilines is 1. The molecule has 1 saturated carbocycles. The molecule has 0 bridgehead atoms. The molecule has 1 N–H and O–H groups in total. The average Bonchev–Trinajstić information content (AvgIpc) is 3.13. The predicted octanol–water partition coefficient (Wildman–Crippen LogP) is 4.55. The topological polar surface area (TPSA) is 55.6 Å². The van der Waals surface area contributed by atoms with Crippen molar-refractivity contribution in [2.75, 3.05) is 5.32 Å². The number of nitrogens with zero attached hydrogens (tertiary/aromatic N) is 4. The molecule has 0 atom stereocenters. The summed E-state index contributed by atoms with van der Waals surface area (Å²) in [5, 5.41) is 16.7. The number of aryl methyl sites for hydroxylation is 2. The smallest absolute Gasteiger partial charge is 0.181 e. The van der Waals surface area contributed by atoms with Gasteiger partial charge in [-0.2, -0.15) is 4.68 Å². The number of rotatable bonds is 4. The lowest BCUT2D eigenvalue weighted by molar-refractivity contribution is 0.309. The summed E-state index contributed by atoms with van der Waals surface area (Å²) in [6.45, 7) is 4.23. The van der Waals surface area contributed by atoms with Gasteiger partial charge in [-0.25, -0.2) is 0 Å². The predicted molar refractivity (Wildman–Crippen MR) is 103 cm³/mol. The second kappa shape index (κ2) is 6.90. The van der Waals surface area contributed by atoms with E-state index in [2.05, 4.69) is 77.2 Å². The van der Waals surface area contributed by atoms with Crippen molar-refractivity contribution in [1.29, 1.82) is 0 Å². The summed E-state index contributed by atoms with van der Waals surface area (Å²) in [6.07, 6.45) is 5.70. The van der Waals surface area contributed by atoms with E-state index in [4.69, 9.17) is 0 Å². The van der Waals surface area contributed by atoms with Crippen molar-refractivity contribution in [2.45, 2.75) is 51.5 Å². The van der Waals surface area contributed by atoms with Gasteiger partial charge < -0.3 is 5.32 Å². The van der Waals surface area contributed by atoms with Crippen LogP contribution in [0.2, 0.25) is 0 Å². The monoisotopic (exact) mass is 347 g/mol. The van der Waals surface area contributed by atoms with Gasteiger partial charge in [0.2, 0.25) is 0 Å². The van der Waals surface area contributed by atoms with E-state index in [0.717, 1.165) is 30.0 Å². The summed E-state index contributed by atoms with van der Waals surface area (Å²) in [6, 6.07) is 16.8. The van der Waals surface area contributed by atoms with Crippen LogP contribution in [-0.2, 0) is 5.54 Å². The molecule has 1 fully saturated rings. The van der Waals surface area contributed by atoms with Crippen LogP contribution in [0.15, 0.2) is 48.5 Å². The number of para-hydroxylation sites is 1. The van der Waals surface area contributed by atoms with E-state index in [1.807, 2.05) is 10.7 Å². The molecule has 3 aromatic rings. The van der Waals surface area contributed by atoms with Crippen LogP contribution in [0, 0.1) is 13.8 Å². The van der Waals surface area contributed by atoms with Crippen LogP contribution in [0.25, 0.3) is 5.69 Å². The Bertz CT molecular complexity index is 878. The van der Waals surface area contributed by atoms with Crippen LogP contribution in [-0.4, -0.2) is 20.2 Å². The second-order valence-electron chi connectivity index (χ2n) is 7.34. The van der Waals surface area contributed by atoms with Gasteiger partial charge in [0.1, 0.15) is 0 Å². The van der Waals surface area contributed by atoms with E-state index in [1.165, 1.54) is 30.4 Å². The molecule has 1 heterocycles. The van der Waals surface area contributed by atoms with Gasteiger partial charge in [-0.3, -0.25) is 0 Å². The maximum atomic E-state index is 4.49. The SMILES string of the molecule is Cc1ccc(-n2nnnc2C2(Nc3ccccc3)CCCCC2)c(C)c1. The molecule has 134 valence electrons. The number of tetrazole rings is 1. The zero-order chi connectivity index (χ0) is 18.0. The van der Waals surface area contributed by atoms with Crippen molar-refractivity contribution in [2.24, 2.45) is 0 Å². The highest BCUT2D eigenvalue weighted by atomic mass is 15.6. The van der Waals surface area contributed by atoms with Gasteiger partial charge in [0.25, 0.3) is 0 Å². The molecule has 0 radical (unpaired) electrons. The van der Waals surface area contributed by atoms with Crippen molar-refractivity contribution in [1.82, 2.24) is 20.2 Å². The first-order valence-corrected chi connectivity index (χ1v) is 9.38. The highest BCUT2D eigenvalue weighted by Gasteiger charge is 2.39. The first-order valence-electron chi connectivity index (χ1n) is 9.38. The molecule has 4 rings (SSSR count). The summed E-state index contributed by atoms with van der Waals surface area (Å²) in [5.74, 6) is 0.910. The van der Waals surface area contributed by atoms with E-state index in [9.17, 15) is 0 Å². The van der Waals surface area contributed by atoms with E-state index in [1.54, 1.807) is 0 Å². The molecular weight excluding hydrogens is 322 g/mol. The highest BCUT2D eigenvalue weighted by Crippen LogP contribution is 2.39. The maximum Gasteiger partial charge on any atom is 0.181 e. The van der Waals surface area contributed by atoms with Crippen molar-refractivity contribution >= 4 is 5.69 Å². The fraction of sp³-hybridized carbons (Fsp3) is 0.381. The molecule has 0 saturated heterocycles. The normalized spacial score (nSPS) is 16.4.